The molecule has 0 aliphatic carbocycles. The first kappa shape index (κ1) is 25.5. The van der Waals surface area contributed by atoms with Gasteiger partial charge in [0.25, 0.3) is 0 Å². The number of rotatable bonds is 19. The summed E-state index contributed by atoms with van der Waals surface area (Å²) in [7, 11) is 0. The summed E-state index contributed by atoms with van der Waals surface area (Å²) in [5.74, 6) is 0.166. The Bertz CT molecular complexity index is 341. The highest BCUT2D eigenvalue weighted by atomic mass is 35.5. The van der Waals surface area contributed by atoms with Crippen LogP contribution in [0.4, 0.5) is 0 Å². The molecule has 0 saturated carbocycles. The largest absolute Gasteiger partial charge is 0.481 e. The second kappa shape index (κ2) is 19.3. The van der Waals surface area contributed by atoms with Crippen molar-refractivity contribution in [2.75, 3.05) is 0 Å². The van der Waals surface area contributed by atoms with Gasteiger partial charge in [0.05, 0.1) is 5.38 Å². The Hall–Kier alpha value is -0.500. The molecule has 0 aliphatic rings. The van der Waals surface area contributed by atoms with Crippen LogP contribution in [0.2, 0.25) is 0 Å². The van der Waals surface area contributed by atoms with Crippen LogP contribution < -0.4 is 0 Å². The van der Waals surface area contributed by atoms with E-state index in [0.29, 0.717) is 6.42 Å². The zero-order valence-corrected chi connectivity index (χ0v) is 18.1. The Morgan fingerprint density at radius 1 is 0.885 bits per heavy atom. The molecule has 0 rings (SSSR count). The van der Waals surface area contributed by atoms with E-state index in [1.54, 1.807) is 0 Å². The standard InChI is InChI=1S/C23H43ClO2/c1-3-21(2)17-13-11-9-7-5-4-6-8-10-12-14-18-22(24)19-15-16-20-23(25)26/h15,19,21-22H,3-14,16-18,20H2,1-2H3,(H,25,26). The zero-order chi connectivity index (χ0) is 19.5. The van der Waals surface area contributed by atoms with Crippen molar-refractivity contribution in [2.45, 2.75) is 122 Å². The normalized spacial score (nSPS) is 14.0. The van der Waals surface area contributed by atoms with E-state index in [1.165, 1.54) is 83.5 Å². The lowest BCUT2D eigenvalue weighted by molar-refractivity contribution is -0.136. The van der Waals surface area contributed by atoms with E-state index >= 15 is 0 Å². The Labute approximate surface area is 167 Å². The van der Waals surface area contributed by atoms with Crippen LogP contribution in [-0.2, 0) is 4.79 Å². The lowest BCUT2D eigenvalue weighted by Gasteiger charge is -2.07. The van der Waals surface area contributed by atoms with Crippen LogP contribution in [0.25, 0.3) is 0 Å². The summed E-state index contributed by atoms with van der Waals surface area (Å²) in [6.45, 7) is 4.66. The van der Waals surface area contributed by atoms with Gasteiger partial charge in [0.2, 0.25) is 0 Å². The third-order valence-corrected chi connectivity index (χ3v) is 5.61. The Morgan fingerprint density at radius 2 is 1.35 bits per heavy atom. The average Bonchev–Trinajstić information content (AvgIpc) is 2.62. The van der Waals surface area contributed by atoms with Crippen LogP contribution >= 0.6 is 11.6 Å². The number of hydrogen-bond donors (Lipinski definition) is 1. The van der Waals surface area contributed by atoms with Gasteiger partial charge in [-0.3, -0.25) is 4.79 Å². The summed E-state index contributed by atoms with van der Waals surface area (Å²) >= 11 is 6.22. The molecule has 1 N–H and O–H groups in total. The molecule has 0 aliphatic heterocycles. The van der Waals surface area contributed by atoms with Crippen molar-refractivity contribution >= 4 is 17.6 Å². The van der Waals surface area contributed by atoms with Crippen molar-refractivity contribution < 1.29 is 9.90 Å². The molecule has 0 spiro atoms. The fraction of sp³-hybridized carbons (Fsp3) is 0.870. The minimum absolute atomic E-state index is 0.0594. The van der Waals surface area contributed by atoms with Gasteiger partial charge in [-0.15, -0.1) is 11.6 Å². The maximum absolute atomic E-state index is 10.4. The minimum Gasteiger partial charge on any atom is -0.481 e. The number of hydrogen-bond acceptors (Lipinski definition) is 1. The van der Waals surface area contributed by atoms with Crippen molar-refractivity contribution in [1.29, 1.82) is 0 Å². The monoisotopic (exact) mass is 386 g/mol. The topological polar surface area (TPSA) is 37.3 Å². The Kier molecular flexibility index (Phi) is 18.9. The van der Waals surface area contributed by atoms with Crippen LogP contribution in [0.3, 0.4) is 0 Å². The van der Waals surface area contributed by atoms with Crippen molar-refractivity contribution in [3.05, 3.63) is 12.2 Å². The van der Waals surface area contributed by atoms with E-state index in [4.69, 9.17) is 16.7 Å². The van der Waals surface area contributed by atoms with Crippen LogP contribution in [0.5, 0.6) is 0 Å². The lowest BCUT2D eigenvalue weighted by Crippen LogP contribution is -1.95. The Balaban J connectivity index is 3.22. The molecule has 0 radical (unpaired) electrons. The van der Waals surface area contributed by atoms with E-state index in [1.807, 2.05) is 12.2 Å². The molecule has 0 fully saturated rings. The van der Waals surface area contributed by atoms with Crippen LogP contribution in [0.1, 0.15) is 117 Å². The van der Waals surface area contributed by atoms with Gasteiger partial charge in [-0.1, -0.05) is 109 Å². The highest BCUT2D eigenvalue weighted by Crippen LogP contribution is 2.16. The van der Waals surface area contributed by atoms with E-state index in [9.17, 15) is 4.79 Å². The van der Waals surface area contributed by atoms with Gasteiger partial charge in [0, 0.05) is 6.42 Å². The van der Waals surface area contributed by atoms with Crippen molar-refractivity contribution in [3.8, 4) is 0 Å². The summed E-state index contributed by atoms with van der Waals surface area (Å²) in [4.78, 5) is 10.4. The summed E-state index contributed by atoms with van der Waals surface area (Å²) in [6, 6.07) is 0. The SMILES string of the molecule is CCC(C)CCCCCCCCCCCCCC(Cl)C=CCCC(=O)O. The van der Waals surface area contributed by atoms with Gasteiger partial charge >= 0.3 is 5.97 Å². The van der Waals surface area contributed by atoms with Gasteiger partial charge in [-0.2, -0.15) is 0 Å². The molecule has 0 amide bonds. The highest BCUT2D eigenvalue weighted by molar-refractivity contribution is 6.21. The molecule has 2 unspecified atom stereocenters. The molecule has 0 bridgehead atoms. The molecular formula is C23H43ClO2. The fourth-order valence-corrected chi connectivity index (χ4v) is 3.43. The zero-order valence-electron chi connectivity index (χ0n) is 17.4. The molecule has 2 atom stereocenters. The van der Waals surface area contributed by atoms with Gasteiger partial charge in [-0.05, 0) is 18.8 Å². The molecule has 0 aromatic rings. The summed E-state index contributed by atoms with van der Waals surface area (Å²) in [5.41, 5.74) is 0. The first-order valence-electron chi connectivity index (χ1n) is 11.1. The second-order valence-electron chi connectivity index (χ2n) is 7.86. The molecule has 26 heavy (non-hydrogen) atoms. The van der Waals surface area contributed by atoms with E-state index in [2.05, 4.69) is 13.8 Å². The van der Waals surface area contributed by atoms with Crippen molar-refractivity contribution in [2.24, 2.45) is 5.92 Å². The number of carboxylic acids is 1. The number of allylic oxidation sites excluding steroid dienone is 2. The quantitative estimate of drug-likeness (QED) is 0.138. The molecule has 0 aromatic carbocycles. The highest BCUT2D eigenvalue weighted by Gasteiger charge is 2.01. The smallest absolute Gasteiger partial charge is 0.303 e. The van der Waals surface area contributed by atoms with E-state index in [-0.39, 0.29) is 11.8 Å². The van der Waals surface area contributed by atoms with Gasteiger partial charge in [0.1, 0.15) is 0 Å². The van der Waals surface area contributed by atoms with Crippen LogP contribution in [0, 0.1) is 5.92 Å². The third-order valence-electron chi connectivity index (χ3n) is 5.24. The predicted octanol–water partition coefficient (Wildman–Crippen LogP) is 8.13. The average molecular weight is 387 g/mol. The number of carbonyl (C=O) groups is 1. The van der Waals surface area contributed by atoms with Crippen molar-refractivity contribution in [1.82, 2.24) is 0 Å². The van der Waals surface area contributed by atoms with E-state index in [0.717, 1.165) is 12.3 Å². The molecule has 154 valence electrons. The molecule has 0 aromatic heterocycles. The van der Waals surface area contributed by atoms with E-state index < -0.39 is 5.97 Å². The molecule has 3 heteroatoms. The molecule has 0 heterocycles. The first-order chi connectivity index (χ1) is 12.6. The van der Waals surface area contributed by atoms with Crippen LogP contribution in [-0.4, -0.2) is 16.5 Å². The maximum Gasteiger partial charge on any atom is 0.303 e. The van der Waals surface area contributed by atoms with Gasteiger partial charge < -0.3 is 5.11 Å². The number of aliphatic carboxylic acids is 1. The van der Waals surface area contributed by atoms with Crippen molar-refractivity contribution in [3.63, 3.8) is 0 Å². The minimum atomic E-state index is -0.748. The van der Waals surface area contributed by atoms with Gasteiger partial charge in [0.15, 0.2) is 0 Å². The number of alkyl halides is 1. The fourth-order valence-electron chi connectivity index (χ4n) is 3.17. The molecular weight excluding hydrogens is 344 g/mol. The maximum atomic E-state index is 10.4. The Morgan fingerprint density at radius 3 is 1.81 bits per heavy atom. The third kappa shape index (κ3) is 19.8. The second-order valence-corrected chi connectivity index (χ2v) is 8.42. The summed E-state index contributed by atoms with van der Waals surface area (Å²) < 4.78 is 0. The lowest BCUT2D eigenvalue weighted by atomic mass is 9.99. The molecule has 0 saturated heterocycles. The predicted molar refractivity (Wildman–Crippen MR) is 115 cm³/mol. The first-order valence-corrected chi connectivity index (χ1v) is 11.5. The number of unbranched alkanes of at least 4 members (excludes halogenated alkanes) is 10. The molecule has 2 nitrogen and oxygen atoms in total. The summed E-state index contributed by atoms with van der Waals surface area (Å²) in [6.07, 6.45) is 23.4. The number of halogens is 1. The van der Waals surface area contributed by atoms with Gasteiger partial charge in [-0.25, -0.2) is 0 Å². The van der Waals surface area contributed by atoms with Crippen LogP contribution in [0.15, 0.2) is 12.2 Å². The summed E-state index contributed by atoms with van der Waals surface area (Å²) in [5, 5.41) is 8.62. The number of carboxylic acid groups (broad SMARTS) is 1.